The summed E-state index contributed by atoms with van der Waals surface area (Å²) < 4.78 is 5.81. The van der Waals surface area contributed by atoms with E-state index in [0.29, 0.717) is 5.56 Å². The number of anilines is 1. The maximum atomic E-state index is 11.8. The van der Waals surface area contributed by atoms with Crippen LogP contribution in [-0.2, 0) is 0 Å². The number of thiophene rings is 1. The van der Waals surface area contributed by atoms with Crippen molar-refractivity contribution < 1.29 is 9.53 Å². The summed E-state index contributed by atoms with van der Waals surface area (Å²) in [4.78, 5) is 19.7. The van der Waals surface area contributed by atoms with E-state index in [9.17, 15) is 4.79 Å². The number of halogens is 2. The molecule has 2 aromatic heterocycles. The SMILES string of the molecule is COc1cc(Cl)nc(NC(=O)c2csc(Br)c2)n1. The number of ether oxygens (including phenoxy) is 1. The van der Waals surface area contributed by atoms with E-state index in [0.717, 1.165) is 3.79 Å². The van der Waals surface area contributed by atoms with Crippen molar-refractivity contribution in [2.75, 3.05) is 12.4 Å². The molecule has 0 aliphatic rings. The van der Waals surface area contributed by atoms with E-state index in [1.54, 1.807) is 11.4 Å². The molecule has 2 aromatic rings. The molecule has 5 nitrogen and oxygen atoms in total. The first-order chi connectivity index (χ1) is 8.58. The third-order valence-corrected chi connectivity index (χ3v) is 3.63. The van der Waals surface area contributed by atoms with Crippen molar-refractivity contribution in [3.8, 4) is 5.88 Å². The van der Waals surface area contributed by atoms with E-state index < -0.39 is 0 Å². The van der Waals surface area contributed by atoms with Crippen molar-refractivity contribution in [2.45, 2.75) is 0 Å². The topological polar surface area (TPSA) is 64.1 Å². The van der Waals surface area contributed by atoms with Gasteiger partial charge in [0.1, 0.15) is 5.15 Å². The van der Waals surface area contributed by atoms with Crippen LogP contribution in [0.15, 0.2) is 21.3 Å². The Morgan fingerprint density at radius 3 is 2.89 bits per heavy atom. The van der Waals surface area contributed by atoms with Crippen LogP contribution >= 0.6 is 38.9 Å². The van der Waals surface area contributed by atoms with Crippen LogP contribution in [0.5, 0.6) is 5.88 Å². The number of aromatic nitrogens is 2. The Balaban J connectivity index is 2.18. The summed E-state index contributed by atoms with van der Waals surface area (Å²) in [7, 11) is 1.46. The number of methoxy groups -OCH3 is 1. The molecule has 1 amide bonds. The normalized spacial score (nSPS) is 10.2. The highest BCUT2D eigenvalue weighted by molar-refractivity contribution is 9.11. The number of nitrogens with one attached hydrogen (secondary N) is 1. The van der Waals surface area contributed by atoms with E-state index >= 15 is 0 Å². The Kier molecular flexibility index (Phi) is 4.15. The molecule has 0 saturated heterocycles. The monoisotopic (exact) mass is 347 g/mol. The summed E-state index contributed by atoms with van der Waals surface area (Å²) in [5.74, 6) is 0.0877. The van der Waals surface area contributed by atoms with Gasteiger partial charge >= 0.3 is 0 Å². The molecule has 0 radical (unpaired) electrons. The Bertz CT molecular complexity index is 590. The van der Waals surface area contributed by atoms with Crippen LogP contribution in [0.4, 0.5) is 5.95 Å². The minimum Gasteiger partial charge on any atom is -0.481 e. The molecule has 0 aromatic carbocycles. The van der Waals surface area contributed by atoms with E-state index in [-0.39, 0.29) is 22.9 Å². The van der Waals surface area contributed by atoms with Crippen LogP contribution in [0.2, 0.25) is 5.15 Å². The third kappa shape index (κ3) is 3.18. The third-order valence-electron chi connectivity index (χ3n) is 1.94. The van der Waals surface area contributed by atoms with Gasteiger partial charge in [0, 0.05) is 11.4 Å². The highest BCUT2D eigenvalue weighted by atomic mass is 79.9. The predicted molar refractivity (Wildman–Crippen MR) is 73.6 cm³/mol. The van der Waals surface area contributed by atoms with Gasteiger partial charge in [0.2, 0.25) is 11.8 Å². The number of nitrogens with zero attached hydrogens (tertiary/aromatic N) is 2. The lowest BCUT2D eigenvalue weighted by Gasteiger charge is -2.04. The van der Waals surface area contributed by atoms with Gasteiger partial charge in [-0.05, 0) is 22.0 Å². The van der Waals surface area contributed by atoms with Crippen LogP contribution in [0.3, 0.4) is 0 Å². The standard InChI is InChI=1S/C10H7BrClN3O2S/c1-17-8-3-7(12)13-10(14-8)15-9(16)5-2-6(11)18-4-5/h2-4H,1H3,(H,13,14,15,16). The van der Waals surface area contributed by atoms with Crippen molar-refractivity contribution in [2.24, 2.45) is 0 Å². The second-order valence-electron chi connectivity index (χ2n) is 3.15. The largest absolute Gasteiger partial charge is 0.481 e. The number of amides is 1. The molecular weight excluding hydrogens is 342 g/mol. The number of hydrogen-bond acceptors (Lipinski definition) is 5. The lowest BCUT2D eigenvalue weighted by molar-refractivity contribution is 0.102. The number of hydrogen-bond donors (Lipinski definition) is 1. The highest BCUT2D eigenvalue weighted by Gasteiger charge is 2.11. The molecular formula is C10H7BrClN3O2S. The molecule has 0 atom stereocenters. The first-order valence-electron chi connectivity index (χ1n) is 4.72. The van der Waals surface area contributed by atoms with E-state index in [2.05, 4.69) is 31.2 Å². The lowest BCUT2D eigenvalue weighted by atomic mass is 10.3. The molecule has 0 aliphatic heterocycles. The molecule has 2 heterocycles. The molecule has 0 aliphatic carbocycles. The predicted octanol–water partition coefficient (Wildman–Crippen LogP) is 3.21. The molecule has 1 N–H and O–H groups in total. The van der Waals surface area contributed by atoms with Gasteiger partial charge in [-0.1, -0.05) is 11.6 Å². The van der Waals surface area contributed by atoms with Gasteiger partial charge in [0.25, 0.3) is 5.91 Å². The molecule has 0 spiro atoms. The first-order valence-corrected chi connectivity index (χ1v) is 6.77. The number of carbonyl (C=O) groups is 1. The van der Waals surface area contributed by atoms with Gasteiger partial charge in [-0.25, -0.2) is 4.98 Å². The first kappa shape index (κ1) is 13.3. The molecule has 94 valence electrons. The van der Waals surface area contributed by atoms with Gasteiger partial charge in [-0.15, -0.1) is 11.3 Å². The quantitative estimate of drug-likeness (QED) is 0.865. The van der Waals surface area contributed by atoms with Gasteiger partial charge in [0.15, 0.2) is 0 Å². The maximum Gasteiger partial charge on any atom is 0.258 e. The van der Waals surface area contributed by atoms with Crippen molar-refractivity contribution in [3.05, 3.63) is 32.0 Å². The van der Waals surface area contributed by atoms with E-state index in [1.807, 2.05) is 0 Å². The summed E-state index contributed by atoms with van der Waals surface area (Å²) in [5, 5.41) is 4.47. The van der Waals surface area contributed by atoms with Crippen molar-refractivity contribution >= 4 is 50.7 Å². The Morgan fingerprint density at radius 2 is 2.28 bits per heavy atom. The fourth-order valence-corrected chi connectivity index (χ4v) is 2.47. The van der Waals surface area contributed by atoms with Crippen LogP contribution in [0, 0.1) is 0 Å². The van der Waals surface area contributed by atoms with Gasteiger partial charge in [0.05, 0.1) is 16.5 Å². The number of rotatable bonds is 3. The fraction of sp³-hybridized carbons (Fsp3) is 0.100. The Labute approximate surface area is 120 Å². The number of carbonyl (C=O) groups excluding carboxylic acids is 1. The lowest BCUT2D eigenvalue weighted by Crippen LogP contribution is -2.13. The van der Waals surface area contributed by atoms with E-state index in [4.69, 9.17) is 16.3 Å². The summed E-state index contributed by atoms with van der Waals surface area (Å²) in [6, 6.07) is 3.17. The summed E-state index contributed by atoms with van der Waals surface area (Å²) >= 11 is 10.5. The van der Waals surface area contributed by atoms with Crippen LogP contribution in [0.1, 0.15) is 10.4 Å². The minimum atomic E-state index is -0.304. The Morgan fingerprint density at radius 1 is 1.50 bits per heavy atom. The maximum absolute atomic E-state index is 11.8. The van der Waals surface area contributed by atoms with Crippen LogP contribution in [-0.4, -0.2) is 23.0 Å². The molecule has 0 fully saturated rings. The van der Waals surface area contributed by atoms with Crippen molar-refractivity contribution in [3.63, 3.8) is 0 Å². The highest BCUT2D eigenvalue weighted by Crippen LogP contribution is 2.22. The summed E-state index contributed by atoms with van der Waals surface area (Å²) in [6.45, 7) is 0. The average molecular weight is 349 g/mol. The second-order valence-corrected chi connectivity index (χ2v) is 5.83. The molecule has 0 saturated carbocycles. The van der Waals surface area contributed by atoms with Crippen LogP contribution in [0.25, 0.3) is 0 Å². The smallest absolute Gasteiger partial charge is 0.258 e. The molecule has 0 bridgehead atoms. The fourth-order valence-electron chi connectivity index (χ4n) is 1.16. The van der Waals surface area contributed by atoms with Gasteiger partial charge in [-0.3, -0.25) is 10.1 Å². The van der Waals surface area contributed by atoms with Crippen molar-refractivity contribution in [1.29, 1.82) is 0 Å². The average Bonchev–Trinajstić information content (AvgIpc) is 2.75. The molecule has 2 rings (SSSR count). The Hall–Kier alpha value is -1.18. The zero-order valence-electron chi connectivity index (χ0n) is 9.11. The summed E-state index contributed by atoms with van der Waals surface area (Å²) in [5.41, 5.74) is 0.523. The second kappa shape index (κ2) is 5.64. The zero-order chi connectivity index (χ0) is 13.1. The molecule has 0 unspecified atom stereocenters. The van der Waals surface area contributed by atoms with Gasteiger partial charge in [-0.2, -0.15) is 4.98 Å². The molecule has 8 heteroatoms. The minimum absolute atomic E-state index is 0.103. The summed E-state index contributed by atoms with van der Waals surface area (Å²) in [6.07, 6.45) is 0. The zero-order valence-corrected chi connectivity index (χ0v) is 12.3. The molecule has 18 heavy (non-hydrogen) atoms. The van der Waals surface area contributed by atoms with E-state index in [1.165, 1.54) is 24.5 Å². The van der Waals surface area contributed by atoms with Gasteiger partial charge < -0.3 is 4.74 Å². The van der Waals surface area contributed by atoms with Crippen LogP contribution < -0.4 is 10.1 Å². The van der Waals surface area contributed by atoms with Crippen molar-refractivity contribution in [1.82, 2.24) is 9.97 Å².